The lowest BCUT2D eigenvalue weighted by Crippen LogP contribution is -2.38. The first-order valence-electron chi connectivity index (χ1n) is 11.8. The second kappa shape index (κ2) is 11.7. The number of halogens is 1. The van der Waals surface area contributed by atoms with Gasteiger partial charge in [-0.1, -0.05) is 0 Å². The van der Waals surface area contributed by atoms with Crippen molar-refractivity contribution >= 4 is 30.7 Å². The Kier molecular flexibility index (Phi) is 8.73. The number of alkyl halides is 1. The maximum absolute atomic E-state index is 15.1. The van der Waals surface area contributed by atoms with E-state index in [9.17, 15) is 23.8 Å². The Labute approximate surface area is 225 Å². The van der Waals surface area contributed by atoms with Gasteiger partial charge in [0.1, 0.15) is 30.3 Å². The van der Waals surface area contributed by atoms with Crippen molar-refractivity contribution in [2.24, 2.45) is 0 Å². The summed E-state index contributed by atoms with van der Waals surface area (Å²) in [6, 6.07) is 4.33. The van der Waals surface area contributed by atoms with Crippen LogP contribution in [0, 0.1) is 0 Å². The average Bonchev–Trinajstić information content (AvgIpc) is 3.40. The van der Waals surface area contributed by atoms with Gasteiger partial charge in [-0.3, -0.25) is 9.32 Å². The summed E-state index contributed by atoms with van der Waals surface area (Å²) in [6.07, 6.45) is -3.35. The number of ether oxygens (including phenoxy) is 3. The number of aromatic nitrogens is 2. The topological polar surface area (TPSA) is 197 Å². The normalized spacial score (nSPS) is 26.3. The number of hydrogen-bond donors (Lipinski definition) is 3. The van der Waals surface area contributed by atoms with Gasteiger partial charge in [0.25, 0.3) is 0 Å². The third-order valence-electron chi connectivity index (χ3n) is 5.68. The van der Waals surface area contributed by atoms with Gasteiger partial charge in [0.05, 0.1) is 6.10 Å². The van der Waals surface area contributed by atoms with Crippen molar-refractivity contribution in [2.75, 3.05) is 19.1 Å². The van der Waals surface area contributed by atoms with Crippen LogP contribution in [0.3, 0.4) is 0 Å². The number of fused-ring (bicyclic) bond motifs is 1. The molecule has 0 saturated carbocycles. The van der Waals surface area contributed by atoms with Crippen LogP contribution >= 0.6 is 7.75 Å². The molecule has 7 atom stereocenters. The molecule has 1 saturated heterocycles. The number of anilines is 1. The lowest BCUT2D eigenvalue weighted by Gasteiger charge is -2.25. The van der Waals surface area contributed by atoms with Gasteiger partial charge in [0.2, 0.25) is 12.2 Å². The summed E-state index contributed by atoms with van der Waals surface area (Å²) in [6.45, 7) is 3.87. The van der Waals surface area contributed by atoms with Gasteiger partial charge in [-0.2, -0.15) is 10.1 Å². The van der Waals surface area contributed by atoms with E-state index in [2.05, 4.69) is 10.1 Å². The molecule has 17 heteroatoms. The molecule has 0 aliphatic carbocycles. The van der Waals surface area contributed by atoms with Crippen LogP contribution in [0.2, 0.25) is 0 Å². The van der Waals surface area contributed by atoms with Gasteiger partial charge in [-0.25, -0.2) is 18.3 Å². The Morgan fingerprint density at radius 2 is 2.08 bits per heavy atom. The van der Waals surface area contributed by atoms with Crippen molar-refractivity contribution in [1.82, 2.24) is 14.6 Å². The van der Waals surface area contributed by atoms with Gasteiger partial charge in [0, 0.05) is 12.3 Å². The largest absolute Gasteiger partial charge is 0.614 e. The van der Waals surface area contributed by atoms with Crippen LogP contribution in [0.4, 0.5) is 10.2 Å². The minimum absolute atomic E-state index is 0.00773. The molecule has 39 heavy (non-hydrogen) atoms. The van der Waals surface area contributed by atoms with Crippen molar-refractivity contribution < 1.29 is 46.7 Å². The second-order valence-corrected chi connectivity index (χ2v) is 12.4. The number of carbonyl (C=O) groups excluding carboxylic acids is 1. The molecule has 3 heterocycles. The highest BCUT2D eigenvalue weighted by atomic mass is 32.2. The predicted octanol–water partition coefficient (Wildman–Crippen LogP) is 1.02. The van der Waals surface area contributed by atoms with Crippen molar-refractivity contribution in [3.8, 4) is 17.2 Å². The first-order chi connectivity index (χ1) is 18.4. The van der Waals surface area contributed by atoms with Crippen LogP contribution in [-0.2, 0) is 29.8 Å². The average molecular weight is 591 g/mol. The van der Waals surface area contributed by atoms with Crippen LogP contribution in [0.5, 0.6) is 17.2 Å². The maximum atomic E-state index is 15.1. The fourth-order valence-corrected chi connectivity index (χ4v) is 7.22. The number of nitrogens with one attached hydrogen (secondary N) is 1. The lowest BCUT2D eigenvalue weighted by molar-refractivity contribution is -0.149. The van der Waals surface area contributed by atoms with Crippen LogP contribution in [0.15, 0.2) is 35.3 Å². The SMILES string of the molecule is CC(C)OC(=O)[C@H](C)NP(=O)(OC[C@@H]1[C@@H](O)[C@H](F)[C@H](n2ccc(N)nc2=O)[S+]1[O-])Oc1ccc2c(c1)OCO2. The van der Waals surface area contributed by atoms with E-state index < -0.39 is 72.2 Å². The Morgan fingerprint density at radius 1 is 1.36 bits per heavy atom. The zero-order valence-electron chi connectivity index (χ0n) is 21.1. The molecule has 1 aromatic heterocycles. The fourth-order valence-electron chi connectivity index (χ4n) is 3.83. The molecule has 1 fully saturated rings. The molecule has 0 spiro atoms. The van der Waals surface area contributed by atoms with Crippen LogP contribution in [-0.4, -0.2) is 68.3 Å². The highest BCUT2D eigenvalue weighted by molar-refractivity contribution is 7.92. The Hall–Kier alpha value is -2.88. The molecule has 2 unspecified atom stereocenters. The third kappa shape index (κ3) is 6.48. The Balaban J connectivity index is 1.55. The smallest absolute Gasteiger partial charge is 0.459 e. The number of aliphatic hydroxyl groups excluding tert-OH is 1. The van der Waals surface area contributed by atoms with Crippen LogP contribution < -0.4 is 30.5 Å². The number of carbonyl (C=O) groups is 1. The maximum Gasteiger partial charge on any atom is 0.459 e. The predicted molar refractivity (Wildman–Crippen MR) is 135 cm³/mol. The van der Waals surface area contributed by atoms with Crippen molar-refractivity contribution in [1.29, 1.82) is 0 Å². The summed E-state index contributed by atoms with van der Waals surface area (Å²) in [5.74, 6) is -0.130. The monoisotopic (exact) mass is 590 g/mol. The molecule has 2 aliphatic heterocycles. The first-order valence-corrected chi connectivity index (χ1v) is 14.6. The first kappa shape index (κ1) is 29.1. The molecule has 4 rings (SSSR count). The van der Waals surface area contributed by atoms with Crippen LogP contribution in [0.1, 0.15) is 26.1 Å². The summed E-state index contributed by atoms with van der Waals surface area (Å²) in [5.41, 5.74) is 4.51. The Bertz CT molecular complexity index is 1320. The van der Waals surface area contributed by atoms with E-state index in [1.165, 1.54) is 31.2 Å². The summed E-state index contributed by atoms with van der Waals surface area (Å²) >= 11 is -2.24. The van der Waals surface area contributed by atoms with E-state index >= 15 is 4.39 Å². The molecule has 2 aliphatic rings. The van der Waals surface area contributed by atoms with Gasteiger partial charge >= 0.3 is 19.4 Å². The van der Waals surface area contributed by atoms with E-state index in [-0.39, 0.29) is 18.4 Å². The van der Waals surface area contributed by atoms with Crippen molar-refractivity contribution in [3.05, 3.63) is 40.9 Å². The molecule has 0 radical (unpaired) electrons. The minimum atomic E-state index is -4.47. The highest BCUT2D eigenvalue weighted by Gasteiger charge is 2.56. The van der Waals surface area contributed by atoms with Crippen molar-refractivity contribution in [3.63, 3.8) is 0 Å². The van der Waals surface area contributed by atoms with E-state index in [0.717, 1.165) is 10.8 Å². The number of nitrogens with two attached hydrogens (primary N) is 1. The molecular formula is C22H28FN4O10PS. The zero-order chi connectivity index (χ0) is 28.5. The second-order valence-electron chi connectivity index (χ2n) is 8.97. The molecule has 2 aromatic rings. The number of nitrogen functional groups attached to an aromatic ring is 1. The number of hydrogen-bond acceptors (Lipinski definition) is 12. The Morgan fingerprint density at radius 3 is 2.77 bits per heavy atom. The molecule has 4 N–H and O–H groups in total. The number of esters is 1. The number of benzene rings is 1. The number of nitrogens with zero attached hydrogens (tertiary/aromatic N) is 2. The molecule has 214 valence electrons. The van der Waals surface area contributed by atoms with Gasteiger partial charge in [0.15, 0.2) is 22.9 Å². The summed E-state index contributed by atoms with van der Waals surface area (Å²) in [4.78, 5) is 28.1. The molecular weight excluding hydrogens is 562 g/mol. The van der Waals surface area contributed by atoms with Gasteiger partial charge in [-0.05, 0) is 50.1 Å². The van der Waals surface area contributed by atoms with E-state index in [0.29, 0.717) is 11.5 Å². The lowest BCUT2D eigenvalue weighted by atomic mass is 10.1. The minimum Gasteiger partial charge on any atom is -0.614 e. The summed E-state index contributed by atoms with van der Waals surface area (Å²) < 4.78 is 69.5. The zero-order valence-corrected chi connectivity index (χ0v) is 22.8. The molecule has 1 aromatic carbocycles. The van der Waals surface area contributed by atoms with Crippen molar-refractivity contribution in [2.45, 2.75) is 55.8 Å². The third-order valence-corrected chi connectivity index (χ3v) is 9.30. The van der Waals surface area contributed by atoms with E-state index in [1.54, 1.807) is 13.8 Å². The number of rotatable bonds is 10. The number of aliphatic hydroxyl groups is 1. The van der Waals surface area contributed by atoms with E-state index in [1.807, 2.05) is 0 Å². The molecule has 0 amide bonds. The summed E-state index contributed by atoms with van der Waals surface area (Å²) in [7, 11) is -4.47. The van der Waals surface area contributed by atoms with E-state index in [4.69, 9.17) is 29.0 Å². The summed E-state index contributed by atoms with van der Waals surface area (Å²) in [5, 5.41) is 9.92. The van der Waals surface area contributed by atoms with Gasteiger partial charge < -0.3 is 34.1 Å². The van der Waals surface area contributed by atoms with Gasteiger partial charge in [-0.15, -0.1) is 0 Å². The fraction of sp³-hybridized carbons (Fsp3) is 0.500. The quantitative estimate of drug-likeness (QED) is 0.202. The molecule has 0 bridgehead atoms. The van der Waals surface area contributed by atoms with Crippen LogP contribution in [0.25, 0.3) is 0 Å². The highest BCUT2D eigenvalue weighted by Crippen LogP contribution is 2.48. The standard InChI is InChI=1S/C22H28FN4O10PS/c1-11(2)36-21(29)12(3)26-38(31,37-13-4-5-14-15(8-13)34-10-33-14)35-9-16-19(28)18(23)20(39(16)32)27-7-6-17(24)25-22(27)30/h4-8,11-12,16,18-20,28H,9-10H2,1-3H3,(H,26,31)(H2,24,25,30)/t12-,16+,18-,19+,20+,38?,39?/m0/s1. The molecule has 14 nitrogen and oxygen atoms in total.